The number of carbonyl (C=O) groups is 1. The summed E-state index contributed by atoms with van der Waals surface area (Å²) in [5.74, 6) is -0.325. The van der Waals surface area contributed by atoms with E-state index in [1.807, 2.05) is 0 Å². The third kappa shape index (κ3) is 2.94. The van der Waals surface area contributed by atoms with Gasteiger partial charge in [0.15, 0.2) is 0 Å². The van der Waals surface area contributed by atoms with Gasteiger partial charge in [-0.25, -0.2) is 0 Å². The van der Waals surface area contributed by atoms with Crippen LogP contribution in [-0.4, -0.2) is 28.3 Å². The maximum atomic E-state index is 12.0. The van der Waals surface area contributed by atoms with Crippen molar-refractivity contribution in [3.05, 3.63) is 28.8 Å². The summed E-state index contributed by atoms with van der Waals surface area (Å²) in [7, 11) is 0. The molecule has 0 radical (unpaired) electrons. The molecule has 1 saturated carbocycles. The molecule has 0 saturated heterocycles. The molecule has 0 heterocycles. The van der Waals surface area contributed by atoms with Gasteiger partial charge in [-0.3, -0.25) is 4.79 Å². The van der Waals surface area contributed by atoms with E-state index in [1.165, 1.54) is 18.2 Å². The highest BCUT2D eigenvalue weighted by molar-refractivity contribution is 6.32. The van der Waals surface area contributed by atoms with E-state index >= 15 is 0 Å². The number of aliphatic hydroxyl groups is 1. The number of aromatic hydroxyl groups is 1. The zero-order valence-electron chi connectivity index (χ0n) is 9.90. The molecule has 4 nitrogen and oxygen atoms in total. The Labute approximate surface area is 111 Å². The molecule has 1 aromatic rings. The second kappa shape index (κ2) is 5.59. The Hall–Kier alpha value is -1.26. The van der Waals surface area contributed by atoms with E-state index in [0.29, 0.717) is 5.56 Å². The van der Waals surface area contributed by atoms with Crippen molar-refractivity contribution in [2.24, 2.45) is 0 Å². The van der Waals surface area contributed by atoms with E-state index in [-0.39, 0.29) is 22.7 Å². The average Bonchev–Trinajstić information content (AvgIpc) is 2.35. The van der Waals surface area contributed by atoms with Crippen LogP contribution < -0.4 is 5.32 Å². The summed E-state index contributed by atoms with van der Waals surface area (Å²) in [4.78, 5) is 12.0. The zero-order chi connectivity index (χ0) is 13.1. The van der Waals surface area contributed by atoms with Crippen molar-refractivity contribution in [1.29, 1.82) is 0 Å². The zero-order valence-corrected chi connectivity index (χ0v) is 10.7. The molecule has 5 heteroatoms. The Morgan fingerprint density at radius 3 is 2.72 bits per heavy atom. The molecule has 0 unspecified atom stereocenters. The number of hydrogen-bond acceptors (Lipinski definition) is 3. The second-order valence-electron chi connectivity index (χ2n) is 4.60. The van der Waals surface area contributed by atoms with Crippen LogP contribution >= 0.6 is 11.6 Å². The maximum absolute atomic E-state index is 12.0. The van der Waals surface area contributed by atoms with Gasteiger partial charge in [0.05, 0.1) is 17.2 Å². The van der Waals surface area contributed by atoms with Crippen molar-refractivity contribution in [3.63, 3.8) is 0 Å². The third-order valence-corrected chi connectivity index (χ3v) is 3.56. The predicted octanol–water partition coefficient (Wildman–Crippen LogP) is 2.08. The minimum atomic E-state index is -0.477. The van der Waals surface area contributed by atoms with Gasteiger partial charge in [-0.15, -0.1) is 0 Å². The van der Waals surface area contributed by atoms with Crippen molar-refractivity contribution >= 4 is 17.5 Å². The van der Waals surface area contributed by atoms with Crippen molar-refractivity contribution in [2.75, 3.05) is 0 Å². The molecule has 3 N–H and O–H groups in total. The lowest BCUT2D eigenvalue weighted by molar-refractivity contribution is 0.0717. The summed E-state index contributed by atoms with van der Waals surface area (Å²) >= 11 is 5.75. The normalized spacial score (nSPS) is 23.7. The smallest absolute Gasteiger partial charge is 0.251 e. The van der Waals surface area contributed by atoms with E-state index in [2.05, 4.69) is 5.32 Å². The van der Waals surface area contributed by atoms with Gasteiger partial charge < -0.3 is 15.5 Å². The van der Waals surface area contributed by atoms with Crippen LogP contribution in [0.4, 0.5) is 0 Å². The summed E-state index contributed by atoms with van der Waals surface area (Å²) in [6.07, 6.45) is 3.05. The highest BCUT2D eigenvalue weighted by Crippen LogP contribution is 2.24. The van der Waals surface area contributed by atoms with Crippen molar-refractivity contribution in [2.45, 2.75) is 37.8 Å². The Kier molecular flexibility index (Phi) is 4.09. The molecular weight excluding hydrogens is 254 g/mol. The summed E-state index contributed by atoms with van der Waals surface area (Å²) in [5.41, 5.74) is 0.385. The number of phenolic OH excluding ortho intramolecular Hbond substituents is 1. The number of aliphatic hydroxyl groups excluding tert-OH is 1. The monoisotopic (exact) mass is 269 g/mol. The molecule has 0 spiro atoms. The summed E-state index contributed by atoms with van der Waals surface area (Å²) < 4.78 is 0. The Morgan fingerprint density at radius 2 is 2.06 bits per heavy atom. The first kappa shape index (κ1) is 13.2. The lowest BCUT2D eigenvalue weighted by Crippen LogP contribution is -2.45. The number of phenols is 1. The molecule has 1 aromatic carbocycles. The lowest BCUT2D eigenvalue weighted by atomic mass is 9.92. The minimum absolute atomic E-state index is 0.0501. The Bertz CT molecular complexity index is 450. The Morgan fingerprint density at radius 1 is 1.33 bits per heavy atom. The fourth-order valence-electron chi connectivity index (χ4n) is 2.18. The molecule has 2 rings (SSSR count). The van der Waals surface area contributed by atoms with Crippen LogP contribution in [-0.2, 0) is 0 Å². The Balaban J connectivity index is 2.04. The van der Waals surface area contributed by atoms with Crippen LogP contribution in [0.2, 0.25) is 5.02 Å². The minimum Gasteiger partial charge on any atom is -0.506 e. The highest BCUT2D eigenvalue weighted by Gasteiger charge is 2.24. The number of nitrogens with one attached hydrogen (secondary N) is 1. The van der Waals surface area contributed by atoms with Crippen LogP contribution in [0.15, 0.2) is 18.2 Å². The largest absolute Gasteiger partial charge is 0.506 e. The van der Waals surface area contributed by atoms with Gasteiger partial charge in [0.2, 0.25) is 0 Å². The predicted molar refractivity (Wildman–Crippen MR) is 68.8 cm³/mol. The van der Waals surface area contributed by atoms with Crippen molar-refractivity contribution in [1.82, 2.24) is 5.32 Å². The molecule has 1 aliphatic rings. The first-order valence-corrected chi connectivity index (χ1v) is 6.43. The van der Waals surface area contributed by atoms with Gasteiger partial charge in [-0.1, -0.05) is 24.4 Å². The standard InChI is InChI=1S/C13H16ClNO3/c14-9-7-8(5-6-11(9)16)13(18)15-10-3-1-2-4-12(10)17/h5-7,10,12,16-17H,1-4H2,(H,15,18)/t10-,12-/m0/s1. The fourth-order valence-corrected chi connectivity index (χ4v) is 2.36. The number of carbonyl (C=O) groups excluding carboxylic acids is 1. The number of rotatable bonds is 2. The maximum Gasteiger partial charge on any atom is 0.251 e. The second-order valence-corrected chi connectivity index (χ2v) is 5.01. The fraction of sp³-hybridized carbons (Fsp3) is 0.462. The summed E-state index contributed by atoms with van der Waals surface area (Å²) in [6, 6.07) is 4.11. The van der Waals surface area contributed by atoms with Gasteiger partial charge in [0, 0.05) is 5.56 Å². The van der Waals surface area contributed by atoms with Gasteiger partial charge in [-0.05, 0) is 31.0 Å². The van der Waals surface area contributed by atoms with Gasteiger partial charge in [0.1, 0.15) is 5.75 Å². The molecule has 2 atom stereocenters. The lowest BCUT2D eigenvalue weighted by Gasteiger charge is -2.28. The number of benzene rings is 1. The molecule has 0 aromatic heterocycles. The van der Waals surface area contributed by atoms with Gasteiger partial charge >= 0.3 is 0 Å². The van der Waals surface area contributed by atoms with E-state index in [4.69, 9.17) is 11.6 Å². The van der Waals surface area contributed by atoms with E-state index in [1.54, 1.807) is 0 Å². The van der Waals surface area contributed by atoms with E-state index in [9.17, 15) is 15.0 Å². The number of amides is 1. The molecular formula is C13H16ClNO3. The quantitative estimate of drug-likeness (QED) is 0.770. The molecule has 18 heavy (non-hydrogen) atoms. The van der Waals surface area contributed by atoms with Crippen LogP contribution in [0, 0.1) is 0 Å². The molecule has 1 fully saturated rings. The van der Waals surface area contributed by atoms with Gasteiger partial charge in [0.25, 0.3) is 5.91 Å². The van der Waals surface area contributed by atoms with Crippen LogP contribution in [0.1, 0.15) is 36.0 Å². The van der Waals surface area contributed by atoms with E-state index in [0.717, 1.165) is 25.7 Å². The first-order chi connectivity index (χ1) is 8.58. The number of halogens is 1. The first-order valence-electron chi connectivity index (χ1n) is 6.05. The third-order valence-electron chi connectivity index (χ3n) is 3.26. The van der Waals surface area contributed by atoms with Crippen LogP contribution in [0.25, 0.3) is 0 Å². The summed E-state index contributed by atoms with van der Waals surface area (Å²) in [5, 5.41) is 22.0. The van der Waals surface area contributed by atoms with Gasteiger partial charge in [-0.2, -0.15) is 0 Å². The van der Waals surface area contributed by atoms with Crippen LogP contribution in [0.5, 0.6) is 5.75 Å². The molecule has 98 valence electrons. The molecule has 1 amide bonds. The van der Waals surface area contributed by atoms with Crippen molar-refractivity contribution < 1.29 is 15.0 Å². The topological polar surface area (TPSA) is 69.6 Å². The molecule has 0 aliphatic heterocycles. The van der Waals surface area contributed by atoms with Crippen LogP contribution in [0.3, 0.4) is 0 Å². The average molecular weight is 270 g/mol. The SMILES string of the molecule is O=C(N[C@H]1CCCC[C@@H]1O)c1ccc(O)c(Cl)c1. The molecule has 1 aliphatic carbocycles. The number of hydrogen-bond donors (Lipinski definition) is 3. The summed E-state index contributed by atoms with van der Waals surface area (Å²) in [6.45, 7) is 0. The van der Waals surface area contributed by atoms with Crippen molar-refractivity contribution in [3.8, 4) is 5.75 Å². The van der Waals surface area contributed by atoms with E-state index < -0.39 is 6.10 Å². The molecule has 0 bridgehead atoms. The highest BCUT2D eigenvalue weighted by atomic mass is 35.5.